The zero-order chi connectivity index (χ0) is 23.7. The van der Waals surface area contributed by atoms with Crippen LogP contribution in [-0.2, 0) is 9.59 Å². The average Bonchev–Trinajstić information content (AvgIpc) is 3.00. The van der Waals surface area contributed by atoms with Crippen LogP contribution in [0.25, 0.3) is 0 Å². The zero-order valence-corrected chi connectivity index (χ0v) is 18.8. The molecule has 0 saturated heterocycles. The van der Waals surface area contributed by atoms with Crippen molar-refractivity contribution in [2.24, 2.45) is 0 Å². The molecule has 2 N–H and O–H groups in total. The molecule has 0 spiro atoms. The van der Waals surface area contributed by atoms with Crippen molar-refractivity contribution >= 4 is 69.6 Å². The van der Waals surface area contributed by atoms with Gasteiger partial charge in [0.1, 0.15) is 16.5 Å². The van der Waals surface area contributed by atoms with E-state index >= 15 is 0 Å². The van der Waals surface area contributed by atoms with E-state index in [2.05, 4.69) is 10.6 Å². The number of nitrogens with zero attached hydrogens (tertiary/aromatic N) is 1. The third kappa shape index (κ3) is 4.57. The van der Waals surface area contributed by atoms with Crippen molar-refractivity contribution in [2.45, 2.75) is 0 Å². The Morgan fingerprint density at radius 2 is 1.58 bits per heavy atom. The highest BCUT2D eigenvalue weighted by atomic mass is 35.5. The number of halogens is 4. The van der Waals surface area contributed by atoms with Gasteiger partial charge in [0.15, 0.2) is 0 Å². The summed E-state index contributed by atoms with van der Waals surface area (Å²) in [6.07, 6.45) is 0. The summed E-state index contributed by atoms with van der Waals surface area (Å²) in [6.45, 7) is 0. The molecular weight excluding hydrogens is 492 g/mol. The summed E-state index contributed by atoms with van der Waals surface area (Å²) < 4.78 is 13.7. The number of carbonyl (C=O) groups excluding carboxylic acids is 3. The van der Waals surface area contributed by atoms with E-state index in [-0.39, 0.29) is 37.7 Å². The molecule has 0 aliphatic carbocycles. The fourth-order valence-corrected chi connectivity index (χ4v) is 3.67. The third-order valence-electron chi connectivity index (χ3n) is 4.71. The second kappa shape index (κ2) is 9.23. The van der Waals surface area contributed by atoms with Crippen molar-refractivity contribution in [3.05, 3.63) is 98.9 Å². The molecule has 3 aromatic rings. The average molecular weight is 505 g/mol. The van der Waals surface area contributed by atoms with Crippen LogP contribution in [-0.4, -0.2) is 17.7 Å². The minimum atomic E-state index is -0.755. The number of rotatable bonds is 5. The summed E-state index contributed by atoms with van der Waals surface area (Å²) in [5.74, 6) is -2.54. The molecule has 10 heteroatoms. The van der Waals surface area contributed by atoms with Gasteiger partial charge in [-0.05, 0) is 54.6 Å². The summed E-state index contributed by atoms with van der Waals surface area (Å²) in [6, 6.07) is 16.1. The Bertz CT molecular complexity index is 1330. The number of amides is 3. The van der Waals surface area contributed by atoms with E-state index in [1.54, 1.807) is 6.07 Å². The van der Waals surface area contributed by atoms with E-state index in [9.17, 15) is 18.8 Å². The molecule has 4 rings (SSSR count). The highest BCUT2D eigenvalue weighted by Crippen LogP contribution is 2.35. The maximum absolute atomic E-state index is 13.7. The Balaban J connectivity index is 1.51. The van der Waals surface area contributed by atoms with Gasteiger partial charge in [0.2, 0.25) is 0 Å². The van der Waals surface area contributed by atoms with E-state index in [0.29, 0.717) is 5.69 Å². The van der Waals surface area contributed by atoms with Gasteiger partial charge in [0, 0.05) is 16.3 Å². The van der Waals surface area contributed by atoms with Gasteiger partial charge in [-0.15, -0.1) is 0 Å². The number of carbonyl (C=O) groups is 3. The second-order valence-electron chi connectivity index (χ2n) is 6.87. The van der Waals surface area contributed by atoms with Crippen molar-refractivity contribution < 1.29 is 18.8 Å². The smallest absolute Gasteiger partial charge is 0.283 e. The Hall–Kier alpha value is -3.39. The number of hydrogen-bond acceptors (Lipinski definition) is 4. The number of hydrogen-bond donors (Lipinski definition) is 2. The molecule has 1 aliphatic heterocycles. The first-order valence-electron chi connectivity index (χ1n) is 9.43. The molecule has 3 amide bonds. The van der Waals surface area contributed by atoms with Crippen LogP contribution in [0, 0.1) is 5.82 Å². The normalized spacial score (nSPS) is 13.5. The summed E-state index contributed by atoms with van der Waals surface area (Å²) >= 11 is 18.2. The summed E-state index contributed by atoms with van der Waals surface area (Å²) in [5, 5.41) is 5.39. The quantitative estimate of drug-likeness (QED) is 0.429. The first kappa shape index (κ1) is 22.8. The predicted octanol–water partition coefficient (Wildman–Crippen LogP) is 5.82. The van der Waals surface area contributed by atoms with Gasteiger partial charge in [-0.2, -0.15) is 0 Å². The topological polar surface area (TPSA) is 78.5 Å². The van der Waals surface area contributed by atoms with Crippen LogP contribution in [0.1, 0.15) is 10.4 Å². The minimum absolute atomic E-state index is 0.0523. The van der Waals surface area contributed by atoms with E-state index < -0.39 is 23.5 Å². The van der Waals surface area contributed by atoms with Crippen LogP contribution in [0.15, 0.2) is 77.5 Å². The number of imide groups is 1. The fourth-order valence-electron chi connectivity index (χ4n) is 3.09. The molecule has 166 valence electrons. The van der Waals surface area contributed by atoms with E-state index in [1.807, 2.05) is 0 Å². The Morgan fingerprint density at radius 1 is 0.879 bits per heavy atom. The lowest BCUT2D eigenvalue weighted by atomic mass is 10.2. The number of para-hydroxylation sites is 1. The molecule has 0 fully saturated rings. The van der Waals surface area contributed by atoms with Crippen molar-refractivity contribution in [1.82, 2.24) is 0 Å². The van der Waals surface area contributed by atoms with E-state index in [0.717, 1.165) is 4.90 Å². The fraction of sp³-hybridized carbons (Fsp3) is 0. The molecule has 0 aromatic heterocycles. The largest absolute Gasteiger partial charge is 0.350 e. The first-order valence-corrected chi connectivity index (χ1v) is 10.6. The van der Waals surface area contributed by atoms with E-state index in [4.69, 9.17) is 34.8 Å². The van der Waals surface area contributed by atoms with Gasteiger partial charge in [-0.3, -0.25) is 14.4 Å². The van der Waals surface area contributed by atoms with Crippen molar-refractivity contribution in [3.8, 4) is 0 Å². The maximum Gasteiger partial charge on any atom is 0.283 e. The maximum atomic E-state index is 13.7. The molecule has 6 nitrogen and oxygen atoms in total. The lowest BCUT2D eigenvalue weighted by Crippen LogP contribution is -2.32. The van der Waals surface area contributed by atoms with Crippen LogP contribution in [0.2, 0.25) is 10.0 Å². The van der Waals surface area contributed by atoms with Crippen molar-refractivity contribution in [2.75, 3.05) is 15.5 Å². The SMILES string of the molecule is O=C(Nc1ccccc1F)c1ccc(NC2=C(Cl)C(=O)N(c3cc(Cl)ccc3Cl)C2=O)cc1. The van der Waals surface area contributed by atoms with Crippen molar-refractivity contribution in [3.63, 3.8) is 0 Å². The molecule has 0 bridgehead atoms. The first-order chi connectivity index (χ1) is 15.8. The minimum Gasteiger partial charge on any atom is -0.350 e. The van der Waals surface area contributed by atoms with E-state index in [1.165, 1.54) is 60.7 Å². The van der Waals surface area contributed by atoms with Crippen molar-refractivity contribution in [1.29, 1.82) is 0 Å². The monoisotopic (exact) mass is 503 g/mol. The molecule has 0 unspecified atom stereocenters. The predicted molar refractivity (Wildman–Crippen MR) is 126 cm³/mol. The van der Waals surface area contributed by atoms with Crippen LogP contribution >= 0.6 is 34.8 Å². The highest BCUT2D eigenvalue weighted by molar-refractivity contribution is 6.54. The molecule has 0 saturated carbocycles. The lowest BCUT2D eigenvalue weighted by Gasteiger charge is -2.17. The third-order valence-corrected chi connectivity index (χ3v) is 5.62. The molecule has 1 heterocycles. The van der Waals surface area contributed by atoms with Gasteiger partial charge in [0.25, 0.3) is 17.7 Å². The molecule has 33 heavy (non-hydrogen) atoms. The van der Waals surface area contributed by atoms with Gasteiger partial charge in [-0.25, -0.2) is 9.29 Å². The summed E-state index contributed by atoms with van der Waals surface area (Å²) in [5.41, 5.74) is 0.655. The van der Waals surface area contributed by atoms with Gasteiger partial charge in [-0.1, -0.05) is 46.9 Å². The van der Waals surface area contributed by atoms with Crippen LogP contribution in [0.4, 0.5) is 21.5 Å². The Kier molecular flexibility index (Phi) is 6.37. The zero-order valence-electron chi connectivity index (χ0n) is 16.5. The molecule has 3 aromatic carbocycles. The summed E-state index contributed by atoms with van der Waals surface area (Å²) in [4.78, 5) is 38.7. The van der Waals surface area contributed by atoms with Crippen LogP contribution in [0.5, 0.6) is 0 Å². The van der Waals surface area contributed by atoms with Gasteiger partial charge >= 0.3 is 0 Å². The number of anilines is 3. The highest BCUT2D eigenvalue weighted by Gasteiger charge is 2.40. The molecule has 0 radical (unpaired) electrons. The summed E-state index contributed by atoms with van der Waals surface area (Å²) in [7, 11) is 0. The van der Waals surface area contributed by atoms with Gasteiger partial charge in [0.05, 0.1) is 16.4 Å². The Labute approximate surface area is 202 Å². The van der Waals surface area contributed by atoms with Crippen LogP contribution < -0.4 is 15.5 Å². The molecule has 1 aliphatic rings. The van der Waals surface area contributed by atoms with Crippen LogP contribution in [0.3, 0.4) is 0 Å². The Morgan fingerprint density at radius 3 is 2.27 bits per heavy atom. The number of benzene rings is 3. The standard InChI is InChI=1S/C23H13Cl3FN3O3/c24-13-7-10-15(25)18(11-13)30-22(32)19(26)20(23(30)33)28-14-8-5-12(6-9-14)21(31)29-17-4-2-1-3-16(17)27/h1-11,28H,(H,29,31). The second-order valence-corrected chi connectivity index (χ2v) is 8.09. The lowest BCUT2D eigenvalue weighted by molar-refractivity contribution is -0.120. The molecular formula is C23H13Cl3FN3O3. The molecule has 0 atom stereocenters. The number of nitrogens with one attached hydrogen (secondary N) is 2. The van der Waals surface area contributed by atoms with Gasteiger partial charge < -0.3 is 10.6 Å².